The Labute approximate surface area is 209 Å². The first-order chi connectivity index (χ1) is 17.8. The number of H-pyrrole nitrogens is 1. The number of nitrogens with zero attached hydrogens (tertiary/aromatic N) is 3. The van der Waals surface area contributed by atoms with Crippen molar-refractivity contribution in [1.29, 1.82) is 0 Å². The lowest BCUT2D eigenvalue weighted by Gasteiger charge is -2.05. The van der Waals surface area contributed by atoms with E-state index in [4.69, 9.17) is 0 Å². The van der Waals surface area contributed by atoms with Crippen LogP contribution in [0.5, 0.6) is 0 Å². The summed E-state index contributed by atoms with van der Waals surface area (Å²) in [5.41, 5.74) is 1.76. The number of nitro benzene ring substituents is 2. The Bertz CT molecular complexity index is 1650. The quantitative estimate of drug-likeness (QED) is 0.136. The van der Waals surface area contributed by atoms with Gasteiger partial charge in [0.25, 0.3) is 23.2 Å². The summed E-state index contributed by atoms with van der Waals surface area (Å²) >= 11 is 0. The topological polar surface area (TPSA) is 165 Å². The van der Waals surface area contributed by atoms with Gasteiger partial charge in [0.1, 0.15) is 0 Å². The minimum atomic E-state index is -0.647. The number of carbonyl (C=O) groups is 2. The first-order valence-electron chi connectivity index (χ1n) is 11.6. The normalized spacial score (nSPS) is 13.6. The molecule has 12 heteroatoms. The highest BCUT2D eigenvalue weighted by Crippen LogP contribution is 2.39. The molecule has 2 amide bonds. The maximum Gasteiger partial charge on any atom is 0.270 e. The molecule has 0 spiro atoms. The van der Waals surface area contributed by atoms with Crippen molar-refractivity contribution < 1.29 is 19.4 Å². The standard InChI is InChI=1S/C25H22N6O6/c1-2-26-8-3-9-29-13-19(17-11-15(31(36)37)5-7-21(17)29)23-22(24(32)28-25(23)33)18-12-27-20-6-4-14(30(34)35)10-16(18)20/h4-7,10-13,26-27H,2-3,8-9H2,1H3,(H,28,32,33). The zero-order valence-corrected chi connectivity index (χ0v) is 19.7. The molecule has 12 nitrogen and oxygen atoms in total. The van der Waals surface area contributed by atoms with Crippen LogP contribution >= 0.6 is 0 Å². The summed E-state index contributed by atoms with van der Waals surface area (Å²) in [5.74, 6) is -1.29. The summed E-state index contributed by atoms with van der Waals surface area (Å²) in [5, 5.41) is 29.3. The lowest BCUT2D eigenvalue weighted by molar-refractivity contribution is -0.384. The third-order valence-electron chi connectivity index (χ3n) is 6.42. The molecule has 1 aliphatic rings. The van der Waals surface area contributed by atoms with Crippen molar-refractivity contribution in [3.8, 4) is 0 Å². The molecule has 5 rings (SSSR count). The summed E-state index contributed by atoms with van der Waals surface area (Å²) in [4.78, 5) is 51.0. The van der Waals surface area contributed by atoms with Crippen LogP contribution in [-0.4, -0.2) is 44.3 Å². The highest BCUT2D eigenvalue weighted by atomic mass is 16.6. The molecule has 0 saturated heterocycles. The minimum absolute atomic E-state index is 0.0509. The first-order valence-corrected chi connectivity index (χ1v) is 11.6. The number of hydrogen-bond acceptors (Lipinski definition) is 7. The molecule has 0 fully saturated rings. The van der Waals surface area contributed by atoms with Crippen molar-refractivity contribution >= 4 is 56.1 Å². The average molecular weight is 502 g/mol. The molecule has 4 aromatic rings. The van der Waals surface area contributed by atoms with Crippen molar-refractivity contribution in [2.45, 2.75) is 19.9 Å². The van der Waals surface area contributed by atoms with Gasteiger partial charge in [0.15, 0.2) is 0 Å². The van der Waals surface area contributed by atoms with Gasteiger partial charge in [0.2, 0.25) is 0 Å². The summed E-state index contributed by atoms with van der Waals surface area (Å²) in [7, 11) is 0. The summed E-state index contributed by atoms with van der Waals surface area (Å²) < 4.78 is 1.91. The van der Waals surface area contributed by atoms with E-state index in [-0.39, 0.29) is 22.5 Å². The highest BCUT2D eigenvalue weighted by Gasteiger charge is 2.35. The number of nitro groups is 2. The fourth-order valence-corrected chi connectivity index (χ4v) is 4.73. The monoisotopic (exact) mass is 502 g/mol. The van der Waals surface area contributed by atoms with Crippen LogP contribution in [0.25, 0.3) is 33.0 Å². The van der Waals surface area contributed by atoms with Crippen molar-refractivity contribution in [2.24, 2.45) is 0 Å². The maximum absolute atomic E-state index is 13.1. The number of aryl methyl sites for hydroxylation is 1. The molecule has 0 atom stereocenters. The smallest absolute Gasteiger partial charge is 0.270 e. The van der Waals surface area contributed by atoms with E-state index in [1.54, 1.807) is 12.3 Å². The largest absolute Gasteiger partial charge is 0.361 e. The van der Waals surface area contributed by atoms with Crippen LogP contribution in [0.2, 0.25) is 0 Å². The van der Waals surface area contributed by atoms with Crippen LogP contribution < -0.4 is 10.6 Å². The first kappa shape index (κ1) is 23.9. The number of nitrogens with one attached hydrogen (secondary N) is 3. The molecule has 37 heavy (non-hydrogen) atoms. The molecular formula is C25H22N6O6. The van der Waals surface area contributed by atoms with Gasteiger partial charge in [-0.2, -0.15) is 0 Å². The summed E-state index contributed by atoms with van der Waals surface area (Å²) in [6, 6.07) is 8.65. The predicted molar refractivity (Wildman–Crippen MR) is 137 cm³/mol. The lowest BCUT2D eigenvalue weighted by Crippen LogP contribution is -2.22. The van der Waals surface area contributed by atoms with Crippen LogP contribution in [0.4, 0.5) is 11.4 Å². The van der Waals surface area contributed by atoms with Gasteiger partial charge in [-0.1, -0.05) is 6.92 Å². The van der Waals surface area contributed by atoms with Gasteiger partial charge in [-0.15, -0.1) is 0 Å². The van der Waals surface area contributed by atoms with E-state index in [0.717, 1.165) is 19.5 Å². The van der Waals surface area contributed by atoms with E-state index in [1.807, 2.05) is 11.5 Å². The van der Waals surface area contributed by atoms with Crippen LogP contribution in [0.1, 0.15) is 24.5 Å². The third-order valence-corrected chi connectivity index (χ3v) is 6.42. The molecule has 2 aromatic heterocycles. The number of amides is 2. The molecule has 3 N–H and O–H groups in total. The number of hydrogen-bond donors (Lipinski definition) is 3. The number of aromatic nitrogens is 2. The highest BCUT2D eigenvalue weighted by molar-refractivity contribution is 6.50. The van der Waals surface area contributed by atoms with Crippen molar-refractivity contribution in [3.05, 3.63) is 80.1 Å². The van der Waals surface area contributed by atoms with Crippen molar-refractivity contribution in [1.82, 2.24) is 20.2 Å². The van der Waals surface area contributed by atoms with E-state index >= 15 is 0 Å². The second-order valence-corrected chi connectivity index (χ2v) is 8.62. The number of rotatable bonds is 9. The Kier molecular flexibility index (Phi) is 6.01. The Morgan fingerprint density at radius 2 is 1.57 bits per heavy atom. The molecule has 188 valence electrons. The van der Waals surface area contributed by atoms with Gasteiger partial charge in [-0.05, 0) is 31.6 Å². The predicted octanol–water partition coefficient (Wildman–Crippen LogP) is 3.51. The zero-order valence-electron chi connectivity index (χ0n) is 19.7. The number of non-ortho nitro benzene ring substituents is 2. The van der Waals surface area contributed by atoms with E-state index in [0.29, 0.717) is 39.5 Å². The number of imide groups is 1. The van der Waals surface area contributed by atoms with Gasteiger partial charge in [0, 0.05) is 76.1 Å². The maximum atomic E-state index is 13.1. The molecule has 3 heterocycles. The van der Waals surface area contributed by atoms with Gasteiger partial charge in [-0.25, -0.2) is 0 Å². The summed E-state index contributed by atoms with van der Waals surface area (Å²) in [6.07, 6.45) is 4.03. The Morgan fingerprint density at radius 3 is 2.24 bits per heavy atom. The molecule has 0 radical (unpaired) electrons. The van der Waals surface area contributed by atoms with Gasteiger partial charge in [-0.3, -0.25) is 35.1 Å². The average Bonchev–Trinajstić information content (AvgIpc) is 3.53. The Morgan fingerprint density at radius 1 is 0.919 bits per heavy atom. The molecule has 1 aliphatic heterocycles. The van der Waals surface area contributed by atoms with Crippen LogP contribution in [0.15, 0.2) is 48.8 Å². The van der Waals surface area contributed by atoms with E-state index in [1.165, 1.54) is 36.5 Å². The number of carbonyl (C=O) groups excluding carboxylic acids is 2. The number of benzene rings is 2. The molecule has 0 unspecified atom stereocenters. The van der Waals surface area contributed by atoms with Gasteiger partial charge in [0.05, 0.1) is 21.0 Å². The molecular weight excluding hydrogens is 480 g/mol. The van der Waals surface area contributed by atoms with Crippen LogP contribution in [0.3, 0.4) is 0 Å². The molecule has 0 saturated carbocycles. The fourth-order valence-electron chi connectivity index (χ4n) is 4.73. The lowest BCUT2D eigenvalue weighted by atomic mass is 9.95. The third kappa shape index (κ3) is 4.12. The fraction of sp³-hybridized carbons (Fsp3) is 0.200. The van der Waals surface area contributed by atoms with E-state index < -0.39 is 21.7 Å². The SMILES string of the molecule is CCNCCCn1cc(C2=C(c3c[nH]c4ccc([N+](=O)[O-])cc34)C(=O)NC2=O)c2cc([N+](=O)[O-])ccc21. The van der Waals surface area contributed by atoms with Gasteiger partial charge < -0.3 is 14.9 Å². The van der Waals surface area contributed by atoms with Crippen molar-refractivity contribution in [2.75, 3.05) is 13.1 Å². The second kappa shape index (κ2) is 9.32. The number of fused-ring (bicyclic) bond motifs is 2. The van der Waals surface area contributed by atoms with E-state index in [2.05, 4.69) is 15.6 Å². The zero-order chi connectivity index (χ0) is 26.3. The van der Waals surface area contributed by atoms with E-state index in [9.17, 15) is 29.8 Å². The summed E-state index contributed by atoms with van der Waals surface area (Å²) in [6.45, 7) is 4.18. The molecule has 2 aromatic carbocycles. The Hall–Kier alpha value is -4.84. The molecule has 0 aliphatic carbocycles. The molecule has 0 bridgehead atoms. The second-order valence-electron chi connectivity index (χ2n) is 8.62. The van der Waals surface area contributed by atoms with Gasteiger partial charge >= 0.3 is 0 Å². The van der Waals surface area contributed by atoms with Crippen LogP contribution in [-0.2, 0) is 16.1 Å². The minimum Gasteiger partial charge on any atom is -0.361 e. The number of aromatic amines is 1. The van der Waals surface area contributed by atoms with Crippen LogP contribution in [0, 0.1) is 20.2 Å². The van der Waals surface area contributed by atoms with Crippen molar-refractivity contribution in [3.63, 3.8) is 0 Å². The Balaban J connectivity index is 1.74.